The van der Waals surface area contributed by atoms with Gasteiger partial charge < -0.3 is 25.6 Å². The SMILES string of the molecule is C=N/C=C(\C=N/CN)c1nc(N2CCOCC2)c2nc(N3C[C@@H](CC)N[C@@H](CC)C3)n(CC(F)(F)F)c2n1. The fourth-order valence-corrected chi connectivity index (χ4v) is 4.77. The van der Waals surface area contributed by atoms with Gasteiger partial charge in [-0.05, 0) is 19.6 Å². The molecule has 208 valence electrons. The summed E-state index contributed by atoms with van der Waals surface area (Å²) in [6.07, 6.45) is 0.0514. The Morgan fingerprint density at radius 3 is 2.39 bits per heavy atom. The predicted octanol–water partition coefficient (Wildman–Crippen LogP) is 2.22. The summed E-state index contributed by atoms with van der Waals surface area (Å²) in [4.78, 5) is 25.9. The molecule has 2 atom stereocenters. The van der Waals surface area contributed by atoms with E-state index in [1.54, 1.807) is 0 Å². The standard InChI is InChI=1S/C24H35F3N10O/c1-4-17-12-36(13-18(5-2)31-17)23-32-19-21(35-6-8-38-9-7-35)33-20(16(10-29-3)11-30-15-28)34-22(19)37(23)14-24(25,26)27/h10-11,17-18,31H,3-9,12-15,28H2,1-2H3/b16-10+,30-11-/t17-,18+. The fraction of sp³-hybridized carbons (Fsp3) is 0.625. The maximum atomic E-state index is 14.0. The number of morpholine rings is 1. The Morgan fingerprint density at radius 1 is 1.13 bits per heavy atom. The van der Waals surface area contributed by atoms with Crippen LogP contribution in [0.15, 0.2) is 16.2 Å². The average molecular weight is 537 g/mol. The van der Waals surface area contributed by atoms with Crippen LogP contribution < -0.4 is 20.9 Å². The quantitative estimate of drug-likeness (QED) is 0.468. The summed E-state index contributed by atoms with van der Waals surface area (Å²) in [7, 11) is 0. The van der Waals surface area contributed by atoms with Crippen LogP contribution in [0, 0.1) is 0 Å². The Labute approximate surface area is 219 Å². The second kappa shape index (κ2) is 12.2. The van der Waals surface area contributed by atoms with Crippen LogP contribution >= 0.6 is 0 Å². The molecule has 2 aliphatic heterocycles. The number of halogens is 3. The van der Waals surface area contributed by atoms with Crippen LogP contribution in [0.25, 0.3) is 16.7 Å². The Bertz CT molecular complexity index is 1160. The van der Waals surface area contributed by atoms with Gasteiger partial charge in [-0.15, -0.1) is 0 Å². The second-order valence-electron chi connectivity index (χ2n) is 9.30. The van der Waals surface area contributed by atoms with Crippen molar-refractivity contribution >= 4 is 41.4 Å². The van der Waals surface area contributed by atoms with Gasteiger partial charge >= 0.3 is 6.18 Å². The molecule has 4 heterocycles. The van der Waals surface area contributed by atoms with Gasteiger partial charge in [-0.3, -0.25) is 14.6 Å². The van der Waals surface area contributed by atoms with E-state index in [0.717, 1.165) is 17.4 Å². The van der Waals surface area contributed by atoms with Crippen molar-refractivity contribution in [1.82, 2.24) is 24.8 Å². The van der Waals surface area contributed by atoms with Gasteiger partial charge in [0.05, 0.1) is 25.5 Å². The van der Waals surface area contributed by atoms with Gasteiger partial charge in [-0.25, -0.2) is 15.0 Å². The largest absolute Gasteiger partial charge is 0.406 e. The van der Waals surface area contributed by atoms with Gasteiger partial charge in [0.25, 0.3) is 0 Å². The molecule has 2 aliphatic rings. The number of aliphatic imine (C=N–C) groups is 2. The van der Waals surface area contributed by atoms with E-state index in [-0.39, 0.29) is 36.2 Å². The number of nitrogens with zero attached hydrogens (tertiary/aromatic N) is 8. The number of ether oxygens (including phenoxy) is 1. The van der Waals surface area contributed by atoms with Crippen molar-refractivity contribution in [3.63, 3.8) is 0 Å². The molecule has 0 amide bonds. The predicted molar refractivity (Wildman–Crippen MR) is 143 cm³/mol. The summed E-state index contributed by atoms with van der Waals surface area (Å²) >= 11 is 0. The van der Waals surface area contributed by atoms with Gasteiger partial charge in [-0.1, -0.05) is 13.8 Å². The summed E-state index contributed by atoms with van der Waals surface area (Å²) in [5.41, 5.74) is 6.32. The molecule has 2 aromatic rings. The lowest BCUT2D eigenvalue weighted by molar-refractivity contribution is -0.139. The molecule has 2 aromatic heterocycles. The Kier molecular flexibility index (Phi) is 8.95. The summed E-state index contributed by atoms with van der Waals surface area (Å²) in [6, 6.07) is 0.266. The highest BCUT2D eigenvalue weighted by Gasteiger charge is 2.35. The lowest BCUT2D eigenvalue weighted by Gasteiger charge is -2.39. The van der Waals surface area contributed by atoms with Crippen LogP contribution in [-0.2, 0) is 11.3 Å². The van der Waals surface area contributed by atoms with E-state index < -0.39 is 12.7 Å². The van der Waals surface area contributed by atoms with Gasteiger partial charge in [0.2, 0.25) is 5.95 Å². The monoisotopic (exact) mass is 536 g/mol. The van der Waals surface area contributed by atoms with Crippen molar-refractivity contribution in [1.29, 1.82) is 0 Å². The molecule has 0 radical (unpaired) electrons. The van der Waals surface area contributed by atoms with Gasteiger partial charge in [0, 0.05) is 50.7 Å². The van der Waals surface area contributed by atoms with Gasteiger partial charge in [-0.2, -0.15) is 13.2 Å². The minimum Gasteiger partial charge on any atom is -0.378 e. The van der Waals surface area contributed by atoms with E-state index >= 15 is 0 Å². The first-order valence-corrected chi connectivity index (χ1v) is 12.8. The van der Waals surface area contributed by atoms with Crippen LogP contribution in [0.5, 0.6) is 0 Å². The molecule has 2 fully saturated rings. The summed E-state index contributed by atoms with van der Waals surface area (Å²) in [5.74, 6) is 0.845. The van der Waals surface area contributed by atoms with E-state index in [0.29, 0.717) is 56.3 Å². The van der Waals surface area contributed by atoms with Crippen LogP contribution in [0.4, 0.5) is 24.9 Å². The number of hydrogen-bond donors (Lipinski definition) is 2. The first-order chi connectivity index (χ1) is 18.3. The van der Waals surface area contributed by atoms with Crippen LogP contribution in [0.1, 0.15) is 32.5 Å². The van der Waals surface area contributed by atoms with Crippen molar-refractivity contribution < 1.29 is 17.9 Å². The van der Waals surface area contributed by atoms with Crippen molar-refractivity contribution in [3.05, 3.63) is 12.0 Å². The molecule has 3 N–H and O–H groups in total. The van der Waals surface area contributed by atoms with E-state index in [1.165, 1.54) is 12.4 Å². The normalized spacial score (nSPS) is 21.6. The smallest absolute Gasteiger partial charge is 0.378 e. The number of rotatable bonds is 9. The molecular formula is C24H35F3N10O. The molecule has 0 bridgehead atoms. The zero-order valence-corrected chi connectivity index (χ0v) is 21.8. The van der Waals surface area contributed by atoms with E-state index in [4.69, 9.17) is 20.4 Å². The highest BCUT2D eigenvalue weighted by atomic mass is 19.4. The van der Waals surface area contributed by atoms with Crippen molar-refractivity contribution in [3.8, 4) is 0 Å². The van der Waals surface area contributed by atoms with Gasteiger partial charge in [0.15, 0.2) is 22.8 Å². The molecule has 0 saturated carbocycles. The number of fused-ring (bicyclic) bond motifs is 1. The second-order valence-corrected chi connectivity index (χ2v) is 9.30. The van der Waals surface area contributed by atoms with E-state index in [2.05, 4.69) is 40.9 Å². The van der Waals surface area contributed by atoms with Crippen molar-refractivity contribution in [2.75, 3.05) is 55.9 Å². The highest BCUT2D eigenvalue weighted by Crippen LogP contribution is 2.33. The third kappa shape index (κ3) is 6.30. The van der Waals surface area contributed by atoms with Crippen LogP contribution in [-0.4, -0.2) is 96.8 Å². The Hall–Kier alpha value is -3.10. The number of allylic oxidation sites excluding steroid dienone is 1. The number of anilines is 2. The van der Waals surface area contributed by atoms with E-state index in [9.17, 15) is 13.2 Å². The van der Waals surface area contributed by atoms with Crippen LogP contribution in [0.3, 0.4) is 0 Å². The molecular weight excluding hydrogens is 501 g/mol. The van der Waals surface area contributed by atoms with E-state index in [1.807, 2.05) is 9.80 Å². The molecule has 14 heteroatoms. The average Bonchev–Trinajstić information content (AvgIpc) is 3.27. The third-order valence-electron chi connectivity index (χ3n) is 6.65. The maximum absolute atomic E-state index is 14.0. The minimum absolute atomic E-state index is 0.0173. The number of nitrogens with one attached hydrogen (secondary N) is 1. The molecule has 38 heavy (non-hydrogen) atoms. The number of nitrogens with two attached hydrogens (primary N) is 1. The summed E-state index contributed by atoms with van der Waals surface area (Å²) in [5, 5.41) is 3.58. The lowest BCUT2D eigenvalue weighted by atomic mass is 10.1. The number of aromatic nitrogens is 4. The molecule has 2 saturated heterocycles. The molecule has 0 aliphatic carbocycles. The molecule has 0 spiro atoms. The summed E-state index contributed by atoms with van der Waals surface area (Å²) in [6.45, 7) is 9.45. The number of alkyl halides is 3. The molecule has 0 unspecified atom stereocenters. The third-order valence-corrected chi connectivity index (χ3v) is 6.65. The number of imidazole rings is 1. The Balaban J connectivity index is 1.95. The zero-order chi connectivity index (χ0) is 27.3. The Morgan fingerprint density at radius 2 is 1.82 bits per heavy atom. The van der Waals surface area contributed by atoms with Gasteiger partial charge in [0.1, 0.15) is 6.54 Å². The number of hydrogen-bond acceptors (Lipinski definition) is 10. The highest BCUT2D eigenvalue weighted by molar-refractivity contribution is 6.09. The van der Waals surface area contributed by atoms with Crippen molar-refractivity contribution in [2.45, 2.75) is 51.5 Å². The summed E-state index contributed by atoms with van der Waals surface area (Å²) < 4.78 is 48.5. The van der Waals surface area contributed by atoms with Crippen molar-refractivity contribution in [2.24, 2.45) is 15.7 Å². The lowest BCUT2D eigenvalue weighted by Crippen LogP contribution is -2.56. The first kappa shape index (κ1) is 27.9. The molecule has 0 aromatic carbocycles. The topological polar surface area (TPSA) is 122 Å². The fourth-order valence-electron chi connectivity index (χ4n) is 4.77. The maximum Gasteiger partial charge on any atom is 0.406 e. The molecule has 11 nitrogen and oxygen atoms in total. The first-order valence-electron chi connectivity index (χ1n) is 12.8. The number of piperazine rings is 1. The molecule has 4 rings (SSSR count). The zero-order valence-electron chi connectivity index (χ0n) is 21.8. The minimum atomic E-state index is -4.49. The van der Waals surface area contributed by atoms with Crippen LogP contribution in [0.2, 0.25) is 0 Å².